The summed E-state index contributed by atoms with van der Waals surface area (Å²) in [6.45, 7) is 0. The molecule has 3 heteroatoms. The first-order valence-electron chi connectivity index (χ1n) is 7.67. The van der Waals surface area contributed by atoms with E-state index in [9.17, 15) is 0 Å². The molecule has 2 N–H and O–H groups in total. The van der Waals surface area contributed by atoms with Crippen LogP contribution < -0.4 is 15.2 Å². The van der Waals surface area contributed by atoms with Gasteiger partial charge in [-0.2, -0.15) is 0 Å². The van der Waals surface area contributed by atoms with E-state index in [0.717, 1.165) is 12.0 Å². The highest BCUT2D eigenvalue weighted by Crippen LogP contribution is 2.31. The van der Waals surface area contributed by atoms with Gasteiger partial charge in [-0.3, -0.25) is 0 Å². The van der Waals surface area contributed by atoms with Crippen molar-refractivity contribution in [1.29, 1.82) is 0 Å². The van der Waals surface area contributed by atoms with Crippen LogP contribution in [0.25, 0.3) is 10.8 Å². The summed E-state index contributed by atoms with van der Waals surface area (Å²) in [6, 6.07) is 20.5. The van der Waals surface area contributed by atoms with Crippen molar-refractivity contribution in [3.05, 3.63) is 71.8 Å². The third kappa shape index (κ3) is 3.15. The Morgan fingerprint density at radius 1 is 0.870 bits per heavy atom. The Bertz CT molecular complexity index is 808. The van der Waals surface area contributed by atoms with Crippen molar-refractivity contribution in [2.24, 2.45) is 5.73 Å². The minimum Gasteiger partial charge on any atom is -0.493 e. The second-order valence-electron chi connectivity index (χ2n) is 5.56. The van der Waals surface area contributed by atoms with Crippen molar-refractivity contribution in [2.45, 2.75) is 12.5 Å². The molecule has 0 spiro atoms. The van der Waals surface area contributed by atoms with Crippen LogP contribution in [0.2, 0.25) is 0 Å². The van der Waals surface area contributed by atoms with E-state index in [1.54, 1.807) is 14.2 Å². The van der Waals surface area contributed by atoms with Gasteiger partial charge in [-0.25, -0.2) is 0 Å². The maximum atomic E-state index is 6.44. The fraction of sp³-hybridized carbons (Fsp3) is 0.200. The van der Waals surface area contributed by atoms with E-state index in [0.29, 0.717) is 11.5 Å². The van der Waals surface area contributed by atoms with Gasteiger partial charge in [-0.15, -0.1) is 0 Å². The predicted octanol–water partition coefficient (Wildman–Crippen LogP) is 4.10. The van der Waals surface area contributed by atoms with Gasteiger partial charge in [0.1, 0.15) is 0 Å². The number of methoxy groups -OCH3 is 2. The molecule has 3 nitrogen and oxygen atoms in total. The molecule has 0 aliphatic rings. The molecule has 1 atom stereocenters. The molecule has 0 fully saturated rings. The summed E-state index contributed by atoms with van der Waals surface area (Å²) in [5.74, 6) is 1.42. The number of hydrogen-bond donors (Lipinski definition) is 1. The van der Waals surface area contributed by atoms with Crippen LogP contribution in [0.4, 0.5) is 0 Å². The molecule has 0 saturated heterocycles. The van der Waals surface area contributed by atoms with Gasteiger partial charge in [0, 0.05) is 6.04 Å². The fourth-order valence-corrected chi connectivity index (χ4v) is 2.91. The first kappa shape index (κ1) is 15.4. The van der Waals surface area contributed by atoms with E-state index in [2.05, 4.69) is 42.5 Å². The zero-order valence-corrected chi connectivity index (χ0v) is 13.5. The van der Waals surface area contributed by atoms with E-state index in [-0.39, 0.29) is 6.04 Å². The van der Waals surface area contributed by atoms with Gasteiger partial charge in [-0.05, 0) is 40.5 Å². The lowest BCUT2D eigenvalue weighted by Gasteiger charge is -2.16. The van der Waals surface area contributed by atoms with Crippen LogP contribution in [0.3, 0.4) is 0 Å². The van der Waals surface area contributed by atoms with Crippen molar-refractivity contribution in [2.75, 3.05) is 14.2 Å². The number of rotatable bonds is 5. The summed E-state index contributed by atoms with van der Waals surface area (Å²) in [5.41, 5.74) is 8.73. The zero-order valence-electron chi connectivity index (χ0n) is 13.5. The summed E-state index contributed by atoms with van der Waals surface area (Å²) >= 11 is 0. The van der Waals surface area contributed by atoms with Gasteiger partial charge in [0.05, 0.1) is 14.2 Å². The molecule has 23 heavy (non-hydrogen) atoms. The van der Waals surface area contributed by atoms with Crippen LogP contribution in [0.5, 0.6) is 11.5 Å². The van der Waals surface area contributed by atoms with E-state index in [1.807, 2.05) is 18.2 Å². The molecule has 0 heterocycles. The van der Waals surface area contributed by atoms with Crippen LogP contribution in [0.15, 0.2) is 60.7 Å². The van der Waals surface area contributed by atoms with Crippen LogP contribution in [0.1, 0.15) is 17.2 Å². The third-order valence-electron chi connectivity index (χ3n) is 4.16. The molecule has 0 radical (unpaired) electrons. The molecule has 3 aromatic rings. The van der Waals surface area contributed by atoms with Gasteiger partial charge >= 0.3 is 0 Å². The smallest absolute Gasteiger partial charge is 0.161 e. The lowest BCUT2D eigenvalue weighted by atomic mass is 9.95. The molecular formula is C20H21NO2. The quantitative estimate of drug-likeness (QED) is 0.772. The molecule has 3 rings (SSSR count). The fourth-order valence-electron chi connectivity index (χ4n) is 2.91. The number of fused-ring (bicyclic) bond motifs is 1. The summed E-state index contributed by atoms with van der Waals surface area (Å²) in [4.78, 5) is 0. The third-order valence-corrected chi connectivity index (χ3v) is 4.16. The van der Waals surface area contributed by atoms with Gasteiger partial charge in [0.15, 0.2) is 11.5 Å². The zero-order chi connectivity index (χ0) is 16.2. The maximum Gasteiger partial charge on any atom is 0.161 e. The van der Waals surface area contributed by atoms with Crippen LogP contribution in [-0.2, 0) is 6.42 Å². The average molecular weight is 307 g/mol. The summed E-state index contributed by atoms with van der Waals surface area (Å²) in [5, 5.41) is 2.50. The van der Waals surface area contributed by atoms with Gasteiger partial charge in [-0.1, -0.05) is 48.5 Å². The monoisotopic (exact) mass is 307 g/mol. The van der Waals surface area contributed by atoms with Gasteiger partial charge in [0.2, 0.25) is 0 Å². The molecule has 0 aliphatic carbocycles. The highest BCUT2D eigenvalue weighted by molar-refractivity contribution is 5.85. The molecule has 0 amide bonds. The molecule has 0 saturated carbocycles. The minimum absolute atomic E-state index is 0.0967. The standard InChI is InChI=1S/C20H21NO2/c1-22-19-11-10-16(13-20(19)23-2)18(21)12-15-8-5-7-14-6-3-4-9-17(14)15/h3-11,13,18H,12,21H2,1-2H3. The van der Waals surface area contributed by atoms with Crippen molar-refractivity contribution in [3.63, 3.8) is 0 Å². The Labute approximate surface area is 136 Å². The van der Waals surface area contributed by atoms with Crippen molar-refractivity contribution in [1.82, 2.24) is 0 Å². The Morgan fingerprint density at radius 2 is 1.61 bits per heavy atom. The number of ether oxygens (including phenoxy) is 2. The number of benzene rings is 3. The van der Waals surface area contributed by atoms with E-state index >= 15 is 0 Å². The van der Waals surface area contributed by atoms with Crippen molar-refractivity contribution in [3.8, 4) is 11.5 Å². The van der Waals surface area contributed by atoms with Crippen LogP contribution in [0, 0.1) is 0 Å². The molecule has 0 bridgehead atoms. The highest BCUT2D eigenvalue weighted by Gasteiger charge is 2.12. The van der Waals surface area contributed by atoms with Gasteiger partial charge < -0.3 is 15.2 Å². The highest BCUT2D eigenvalue weighted by atomic mass is 16.5. The second-order valence-corrected chi connectivity index (χ2v) is 5.56. The Morgan fingerprint density at radius 3 is 2.39 bits per heavy atom. The van der Waals surface area contributed by atoms with E-state index < -0.39 is 0 Å². The largest absolute Gasteiger partial charge is 0.493 e. The van der Waals surface area contributed by atoms with E-state index in [4.69, 9.17) is 15.2 Å². The number of hydrogen-bond acceptors (Lipinski definition) is 3. The predicted molar refractivity (Wildman–Crippen MR) is 94.1 cm³/mol. The first-order valence-corrected chi connectivity index (χ1v) is 7.67. The summed E-state index contributed by atoms with van der Waals surface area (Å²) in [7, 11) is 3.27. The average Bonchev–Trinajstić information content (AvgIpc) is 2.61. The lowest BCUT2D eigenvalue weighted by molar-refractivity contribution is 0.354. The van der Waals surface area contributed by atoms with Crippen molar-refractivity contribution < 1.29 is 9.47 Å². The molecule has 3 aromatic carbocycles. The Balaban J connectivity index is 1.90. The minimum atomic E-state index is -0.0967. The molecular weight excluding hydrogens is 286 g/mol. The lowest BCUT2D eigenvalue weighted by Crippen LogP contribution is -2.13. The first-order chi connectivity index (χ1) is 11.2. The summed E-state index contributed by atoms with van der Waals surface area (Å²) in [6.07, 6.45) is 0.775. The van der Waals surface area contributed by atoms with Crippen LogP contribution in [-0.4, -0.2) is 14.2 Å². The van der Waals surface area contributed by atoms with Gasteiger partial charge in [0.25, 0.3) is 0 Å². The second kappa shape index (κ2) is 6.71. The molecule has 1 unspecified atom stereocenters. The number of nitrogens with two attached hydrogens (primary N) is 1. The van der Waals surface area contributed by atoms with Crippen LogP contribution >= 0.6 is 0 Å². The topological polar surface area (TPSA) is 44.5 Å². The Hall–Kier alpha value is -2.52. The summed E-state index contributed by atoms with van der Waals surface area (Å²) < 4.78 is 10.6. The van der Waals surface area contributed by atoms with E-state index in [1.165, 1.54) is 16.3 Å². The normalized spacial score (nSPS) is 12.1. The molecule has 0 aromatic heterocycles. The maximum absolute atomic E-state index is 6.44. The Kier molecular flexibility index (Phi) is 4.49. The molecule has 0 aliphatic heterocycles. The molecule has 118 valence electrons. The van der Waals surface area contributed by atoms with Crippen molar-refractivity contribution >= 4 is 10.8 Å². The SMILES string of the molecule is COc1ccc(C(N)Cc2cccc3ccccc23)cc1OC.